The number of fused-ring (bicyclic) bond motifs is 1. The van der Waals surface area contributed by atoms with Crippen molar-refractivity contribution in [3.8, 4) is 0 Å². The molecule has 2 aliphatic heterocycles. The molecule has 122 valence electrons. The highest BCUT2D eigenvalue weighted by molar-refractivity contribution is 7.07. The third-order valence-corrected chi connectivity index (χ3v) is 6.30. The van der Waals surface area contributed by atoms with Crippen molar-refractivity contribution >= 4 is 17.2 Å². The Balaban J connectivity index is 1.61. The number of aryl methyl sites for hydroxylation is 1. The van der Waals surface area contributed by atoms with Gasteiger partial charge in [-0.25, -0.2) is 0 Å². The van der Waals surface area contributed by atoms with Crippen LogP contribution in [0.3, 0.4) is 0 Å². The molecule has 0 spiro atoms. The van der Waals surface area contributed by atoms with E-state index in [1.165, 1.54) is 5.56 Å². The van der Waals surface area contributed by atoms with Crippen molar-refractivity contribution in [1.29, 1.82) is 0 Å². The number of piperidine rings is 2. The molecular weight excluding hydrogens is 296 g/mol. The van der Waals surface area contributed by atoms with Gasteiger partial charge in [0.25, 0.3) is 0 Å². The number of hydrogen-bond donors (Lipinski definition) is 1. The van der Waals surface area contributed by atoms with Crippen molar-refractivity contribution in [2.24, 2.45) is 5.41 Å². The molecule has 1 amide bonds. The van der Waals surface area contributed by atoms with Gasteiger partial charge in [-0.1, -0.05) is 0 Å². The average Bonchev–Trinajstić information content (AvgIpc) is 3.06. The predicted molar refractivity (Wildman–Crippen MR) is 89.0 cm³/mol. The molecular formula is C17H26N2O2S. The van der Waals surface area contributed by atoms with Crippen LogP contribution in [0.15, 0.2) is 16.8 Å². The molecule has 4 nitrogen and oxygen atoms in total. The van der Waals surface area contributed by atoms with Gasteiger partial charge < -0.3 is 14.9 Å². The van der Waals surface area contributed by atoms with Crippen molar-refractivity contribution in [3.05, 3.63) is 22.4 Å². The zero-order valence-corrected chi connectivity index (χ0v) is 14.1. The van der Waals surface area contributed by atoms with Crippen LogP contribution >= 0.6 is 11.3 Å². The SMILES string of the molecule is CN1CCC[C@]2(CO)CCN(C(=O)CCc3ccsc3)C[C@@H]12. The van der Waals surface area contributed by atoms with Crippen molar-refractivity contribution in [3.63, 3.8) is 0 Å². The topological polar surface area (TPSA) is 43.8 Å². The Morgan fingerprint density at radius 2 is 2.32 bits per heavy atom. The minimum atomic E-state index is 0.0110. The minimum Gasteiger partial charge on any atom is -0.396 e. The highest BCUT2D eigenvalue weighted by Crippen LogP contribution is 2.41. The van der Waals surface area contributed by atoms with Gasteiger partial charge in [-0.05, 0) is 61.7 Å². The maximum absolute atomic E-state index is 12.5. The molecule has 3 rings (SSSR count). The normalized spacial score (nSPS) is 29.4. The number of aliphatic hydroxyl groups is 1. The maximum Gasteiger partial charge on any atom is 0.222 e. The fraction of sp³-hybridized carbons (Fsp3) is 0.706. The number of likely N-dealkylation sites (tertiary alicyclic amines) is 2. The average molecular weight is 322 g/mol. The van der Waals surface area contributed by atoms with Crippen LogP contribution in [0, 0.1) is 5.41 Å². The summed E-state index contributed by atoms with van der Waals surface area (Å²) >= 11 is 1.69. The van der Waals surface area contributed by atoms with E-state index in [1.807, 2.05) is 4.90 Å². The molecule has 3 heterocycles. The van der Waals surface area contributed by atoms with Crippen molar-refractivity contribution in [1.82, 2.24) is 9.80 Å². The second-order valence-corrected chi connectivity index (χ2v) is 7.62. The van der Waals surface area contributed by atoms with Gasteiger partial charge in [-0.15, -0.1) is 0 Å². The second kappa shape index (κ2) is 6.69. The smallest absolute Gasteiger partial charge is 0.222 e. The van der Waals surface area contributed by atoms with E-state index in [1.54, 1.807) is 11.3 Å². The molecule has 0 bridgehead atoms. The van der Waals surface area contributed by atoms with Crippen LogP contribution in [-0.4, -0.2) is 60.1 Å². The number of amides is 1. The molecule has 0 radical (unpaired) electrons. The Kier molecular flexibility index (Phi) is 4.85. The van der Waals surface area contributed by atoms with Gasteiger partial charge in [-0.3, -0.25) is 4.79 Å². The molecule has 0 unspecified atom stereocenters. The Morgan fingerprint density at radius 3 is 3.05 bits per heavy atom. The van der Waals surface area contributed by atoms with Gasteiger partial charge in [0.1, 0.15) is 0 Å². The molecule has 1 aromatic heterocycles. The quantitative estimate of drug-likeness (QED) is 0.922. The number of likely N-dealkylation sites (N-methyl/N-ethyl adjacent to an activating group) is 1. The van der Waals surface area contributed by atoms with Crippen molar-refractivity contribution < 1.29 is 9.90 Å². The lowest BCUT2D eigenvalue weighted by molar-refractivity contribution is -0.139. The summed E-state index contributed by atoms with van der Waals surface area (Å²) < 4.78 is 0. The molecule has 2 fully saturated rings. The van der Waals surface area contributed by atoms with Gasteiger partial charge in [0, 0.05) is 31.0 Å². The van der Waals surface area contributed by atoms with Gasteiger partial charge in [0.15, 0.2) is 0 Å². The van der Waals surface area contributed by atoms with E-state index < -0.39 is 0 Å². The number of thiophene rings is 1. The lowest BCUT2D eigenvalue weighted by Crippen LogP contribution is -2.62. The first-order chi connectivity index (χ1) is 10.6. The highest BCUT2D eigenvalue weighted by Gasteiger charge is 2.47. The zero-order chi connectivity index (χ0) is 15.6. The summed E-state index contributed by atoms with van der Waals surface area (Å²) in [5, 5.41) is 14.1. The molecule has 2 saturated heterocycles. The number of hydrogen-bond acceptors (Lipinski definition) is 4. The van der Waals surface area contributed by atoms with E-state index in [2.05, 4.69) is 28.8 Å². The lowest BCUT2D eigenvalue weighted by Gasteiger charge is -2.53. The predicted octanol–water partition coefficient (Wildman–Crippen LogP) is 1.99. The molecule has 5 heteroatoms. The van der Waals surface area contributed by atoms with E-state index in [-0.39, 0.29) is 17.9 Å². The number of carbonyl (C=O) groups is 1. The first-order valence-corrected chi connectivity index (χ1v) is 9.19. The summed E-state index contributed by atoms with van der Waals surface area (Å²) in [5.41, 5.74) is 1.27. The van der Waals surface area contributed by atoms with Crippen LogP contribution in [0.2, 0.25) is 0 Å². The summed E-state index contributed by atoms with van der Waals surface area (Å²) in [6.07, 6.45) is 4.61. The summed E-state index contributed by atoms with van der Waals surface area (Å²) in [6, 6.07) is 2.41. The molecule has 22 heavy (non-hydrogen) atoms. The van der Waals surface area contributed by atoms with Crippen LogP contribution in [0.5, 0.6) is 0 Å². The number of aliphatic hydroxyl groups excluding tert-OH is 1. The van der Waals surface area contributed by atoms with E-state index >= 15 is 0 Å². The van der Waals surface area contributed by atoms with Crippen LogP contribution in [0.1, 0.15) is 31.2 Å². The van der Waals surface area contributed by atoms with Gasteiger partial charge in [-0.2, -0.15) is 11.3 Å². The Labute approximate surface area is 136 Å². The zero-order valence-electron chi connectivity index (χ0n) is 13.3. The molecule has 2 aliphatic rings. The maximum atomic E-state index is 12.5. The van der Waals surface area contributed by atoms with E-state index in [0.717, 1.165) is 45.3 Å². The van der Waals surface area contributed by atoms with Crippen LogP contribution in [0.4, 0.5) is 0 Å². The third kappa shape index (κ3) is 3.07. The Morgan fingerprint density at radius 1 is 1.45 bits per heavy atom. The number of carbonyl (C=O) groups excluding carboxylic acids is 1. The van der Waals surface area contributed by atoms with Crippen molar-refractivity contribution in [2.75, 3.05) is 33.3 Å². The highest BCUT2D eigenvalue weighted by atomic mass is 32.1. The van der Waals surface area contributed by atoms with Gasteiger partial charge in [0.05, 0.1) is 6.61 Å². The van der Waals surface area contributed by atoms with E-state index in [0.29, 0.717) is 12.5 Å². The van der Waals surface area contributed by atoms with Crippen LogP contribution < -0.4 is 0 Å². The summed E-state index contributed by atoms with van der Waals surface area (Å²) in [5.74, 6) is 0.261. The molecule has 2 atom stereocenters. The summed E-state index contributed by atoms with van der Waals surface area (Å²) in [7, 11) is 2.13. The van der Waals surface area contributed by atoms with Crippen LogP contribution in [-0.2, 0) is 11.2 Å². The Hall–Kier alpha value is -0.910. The summed E-state index contributed by atoms with van der Waals surface area (Å²) in [4.78, 5) is 16.9. The van der Waals surface area contributed by atoms with E-state index in [9.17, 15) is 9.90 Å². The second-order valence-electron chi connectivity index (χ2n) is 6.84. The van der Waals surface area contributed by atoms with Crippen LogP contribution in [0.25, 0.3) is 0 Å². The lowest BCUT2D eigenvalue weighted by atomic mass is 9.69. The van der Waals surface area contributed by atoms with Crippen molar-refractivity contribution in [2.45, 2.75) is 38.1 Å². The monoisotopic (exact) mass is 322 g/mol. The molecule has 0 aromatic carbocycles. The number of nitrogens with zero attached hydrogens (tertiary/aromatic N) is 2. The Bertz CT molecular complexity index is 505. The van der Waals surface area contributed by atoms with E-state index in [4.69, 9.17) is 0 Å². The molecule has 1 aromatic rings. The fourth-order valence-electron chi connectivity index (χ4n) is 4.09. The third-order valence-electron chi connectivity index (χ3n) is 5.57. The van der Waals surface area contributed by atoms with Gasteiger partial charge in [0.2, 0.25) is 5.91 Å². The first-order valence-electron chi connectivity index (χ1n) is 8.24. The summed E-state index contributed by atoms with van der Waals surface area (Å²) in [6.45, 7) is 2.90. The molecule has 1 N–H and O–H groups in total. The first kappa shape index (κ1) is 16.0. The molecule has 0 aliphatic carbocycles. The number of rotatable bonds is 4. The minimum absolute atomic E-state index is 0.0110. The largest absolute Gasteiger partial charge is 0.396 e. The van der Waals surface area contributed by atoms with Gasteiger partial charge >= 0.3 is 0 Å². The standard InChI is InChI=1S/C17H26N2O2S/c1-18-8-2-6-17(13-20)7-9-19(11-15(17)18)16(21)4-3-14-5-10-22-12-14/h5,10,12,15,20H,2-4,6-9,11,13H2,1H3/t15-,17-/m1/s1. The molecule has 0 saturated carbocycles. The fourth-order valence-corrected chi connectivity index (χ4v) is 4.79.